The molecule has 0 aromatic heterocycles. The van der Waals surface area contributed by atoms with Crippen molar-refractivity contribution in [2.45, 2.75) is 6.54 Å². The van der Waals surface area contributed by atoms with Gasteiger partial charge in [-0.1, -0.05) is 12.1 Å². The van der Waals surface area contributed by atoms with E-state index in [2.05, 4.69) is 10.6 Å². The average Bonchev–Trinajstić information content (AvgIpc) is 2.27. The second-order valence-electron chi connectivity index (χ2n) is 3.14. The molecule has 4 heteroatoms. The summed E-state index contributed by atoms with van der Waals surface area (Å²) in [7, 11) is 3.47. The predicted octanol–water partition coefficient (Wildman–Crippen LogP) is 0.531. The molecule has 1 aromatic rings. The standard InChI is InChI=1S/C11H16N2O2/c1-12-7-9-4-3-5-10(6-9)15-8-11(14)13-2/h3-6,12H,7-8H2,1-2H3,(H,13,14). The third-order valence-corrected chi connectivity index (χ3v) is 1.93. The van der Waals surface area contributed by atoms with E-state index in [1.165, 1.54) is 0 Å². The first-order chi connectivity index (χ1) is 7.26. The Bertz CT molecular complexity index is 326. The molecule has 0 unspecified atom stereocenters. The topological polar surface area (TPSA) is 50.4 Å². The van der Waals surface area contributed by atoms with Gasteiger partial charge in [-0.25, -0.2) is 0 Å². The van der Waals surface area contributed by atoms with Crippen LogP contribution in [-0.2, 0) is 11.3 Å². The Kier molecular flexibility index (Phi) is 4.63. The number of benzene rings is 1. The number of amides is 1. The van der Waals surface area contributed by atoms with Crippen molar-refractivity contribution < 1.29 is 9.53 Å². The molecular formula is C11H16N2O2. The first-order valence-electron chi connectivity index (χ1n) is 4.83. The minimum atomic E-state index is -0.131. The second kappa shape index (κ2) is 6.03. The third-order valence-electron chi connectivity index (χ3n) is 1.93. The van der Waals surface area contributed by atoms with Crippen LogP contribution in [0.15, 0.2) is 24.3 Å². The molecule has 0 fully saturated rings. The summed E-state index contributed by atoms with van der Waals surface area (Å²) in [5.74, 6) is 0.584. The zero-order chi connectivity index (χ0) is 11.1. The molecule has 82 valence electrons. The summed E-state index contributed by atoms with van der Waals surface area (Å²) in [4.78, 5) is 10.9. The summed E-state index contributed by atoms with van der Waals surface area (Å²) in [6, 6.07) is 7.66. The highest BCUT2D eigenvalue weighted by atomic mass is 16.5. The molecule has 1 amide bonds. The number of hydrogen-bond acceptors (Lipinski definition) is 3. The van der Waals surface area contributed by atoms with Crippen LogP contribution < -0.4 is 15.4 Å². The van der Waals surface area contributed by atoms with Crippen LogP contribution in [0.3, 0.4) is 0 Å². The van der Waals surface area contributed by atoms with Gasteiger partial charge in [-0.05, 0) is 24.7 Å². The van der Waals surface area contributed by atoms with Crippen molar-refractivity contribution in [1.82, 2.24) is 10.6 Å². The van der Waals surface area contributed by atoms with Gasteiger partial charge in [-0.2, -0.15) is 0 Å². The molecule has 0 saturated carbocycles. The number of carbonyl (C=O) groups excluding carboxylic acids is 1. The SMILES string of the molecule is CNCc1cccc(OCC(=O)NC)c1. The summed E-state index contributed by atoms with van der Waals surface area (Å²) >= 11 is 0. The summed E-state index contributed by atoms with van der Waals surface area (Å²) < 4.78 is 5.31. The van der Waals surface area contributed by atoms with Crippen molar-refractivity contribution >= 4 is 5.91 Å². The zero-order valence-corrected chi connectivity index (χ0v) is 9.04. The van der Waals surface area contributed by atoms with Crippen molar-refractivity contribution in [1.29, 1.82) is 0 Å². The number of likely N-dealkylation sites (N-methyl/N-ethyl adjacent to an activating group) is 1. The minimum absolute atomic E-state index is 0.0551. The highest BCUT2D eigenvalue weighted by molar-refractivity contribution is 5.77. The number of hydrogen-bond donors (Lipinski definition) is 2. The normalized spacial score (nSPS) is 9.73. The monoisotopic (exact) mass is 208 g/mol. The number of rotatable bonds is 5. The molecule has 0 radical (unpaired) electrons. The fourth-order valence-corrected chi connectivity index (χ4v) is 1.17. The van der Waals surface area contributed by atoms with Gasteiger partial charge in [0.2, 0.25) is 0 Å². The van der Waals surface area contributed by atoms with Gasteiger partial charge in [0.25, 0.3) is 5.91 Å². The molecule has 0 heterocycles. The largest absolute Gasteiger partial charge is 0.484 e. The molecule has 0 aliphatic rings. The Labute approximate surface area is 89.6 Å². The molecule has 0 spiro atoms. The van der Waals surface area contributed by atoms with E-state index >= 15 is 0 Å². The smallest absolute Gasteiger partial charge is 0.257 e. The quantitative estimate of drug-likeness (QED) is 0.742. The van der Waals surface area contributed by atoms with Gasteiger partial charge >= 0.3 is 0 Å². The fraction of sp³-hybridized carbons (Fsp3) is 0.364. The van der Waals surface area contributed by atoms with Gasteiger partial charge in [-0.15, -0.1) is 0 Å². The van der Waals surface area contributed by atoms with Crippen LogP contribution in [0.25, 0.3) is 0 Å². The van der Waals surface area contributed by atoms with Crippen LogP contribution in [0.2, 0.25) is 0 Å². The van der Waals surface area contributed by atoms with E-state index in [0.29, 0.717) is 5.75 Å². The molecule has 15 heavy (non-hydrogen) atoms. The van der Waals surface area contributed by atoms with Crippen molar-refractivity contribution in [2.24, 2.45) is 0 Å². The van der Waals surface area contributed by atoms with E-state index in [-0.39, 0.29) is 12.5 Å². The molecule has 2 N–H and O–H groups in total. The second-order valence-corrected chi connectivity index (χ2v) is 3.14. The van der Waals surface area contributed by atoms with Gasteiger partial charge in [0, 0.05) is 13.6 Å². The Hall–Kier alpha value is -1.55. The van der Waals surface area contributed by atoms with E-state index in [9.17, 15) is 4.79 Å². The molecule has 0 saturated heterocycles. The molecular weight excluding hydrogens is 192 g/mol. The predicted molar refractivity (Wildman–Crippen MR) is 58.8 cm³/mol. The molecule has 0 aliphatic carbocycles. The van der Waals surface area contributed by atoms with Crippen LogP contribution in [0, 0.1) is 0 Å². The zero-order valence-electron chi connectivity index (χ0n) is 9.04. The van der Waals surface area contributed by atoms with Crippen molar-refractivity contribution in [3.05, 3.63) is 29.8 Å². The maximum Gasteiger partial charge on any atom is 0.257 e. The van der Waals surface area contributed by atoms with E-state index in [4.69, 9.17) is 4.74 Å². The van der Waals surface area contributed by atoms with Crippen LogP contribution in [0.1, 0.15) is 5.56 Å². The van der Waals surface area contributed by atoms with Gasteiger partial charge in [0.15, 0.2) is 6.61 Å². The summed E-state index contributed by atoms with van der Waals surface area (Å²) in [6.45, 7) is 0.844. The molecule has 0 bridgehead atoms. The van der Waals surface area contributed by atoms with Crippen LogP contribution in [0.5, 0.6) is 5.75 Å². The molecule has 0 aliphatic heterocycles. The molecule has 0 atom stereocenters. The van der Waals surface area contributed by atoms with Gasteiger partial charge in [0.1, 0.15) is 5.75 Å². The van der Waals surface area contributed by atoms with Crippen LogP contribution in [0.4, 0.5) is 0 Å². The third kappa shape index (κ3) is 3.99. The highest BCUT2D eigenvalue weighted by Gasteiger charge is 2.00. The summed E-state index contributed by atoms with van der Waals surface area (Å²) in [5.41, 5.74) is 1.13. The van der Waals surface area contributed by atoms with Gasteiger partial charge in [-0.3, -0.25) is 4.79 Å². The molecule has 4 nitrogen and oxygen atoms in total. The molecule has 1 aromatic carbocycles. The Morgan fingerprint density at radius 2 is 2.20 bits per heavy atom. The van der Waals surface area contributed by atoms with Gasteiger partial charge in [0.05, 0.1) is 0 Å². The first-order valence-corrected chi connectivity index (χ1v) is 4.83. The lowest BCUT2D eigenvalue weighted by atomic mass is 10.2. The van der Waals surface area contributed by atoms with Gasteiger partial charge < -0.3 is 15.4 Å². The average molecular weight is 208 g/mol. The lowest BCUT2D eigenvalue weighted by Crippen LogP contribution is -2.24. The van der Waals surface area contributed by atoms with Crippen LogP contribution in [-0.4, -0.2) is 26.6 Å². The number of ether oxygens (including phenoxy) is 1. The maximum atomic E-state index is 10.9. The fourth-order valence-electron chi connectivity index (χ4n) is 1.17. The highest BCUT2D eigenvalue weighted by Crippen LogP contribution is 2.12. The summed E-state index contributed by atoms with van der Waals surface area (Å²) in [6.07, 6.45) is 0. The lowest BCUT2D eigenvalue weighted by molar-refractivity contribution is -0.122. The molecule has 1 rings (SSSR count). The van der Waals surface area contributed by atoms with E-state index in [1.54, 1.807) is 7.05 Å². The summed E-state index contributed by atoms with van der Waals surface area (Å²) in [5, 5.41) is 5.55. The number of carbonyl (C=O) groups is 1. The lowest BCUT2D eigenvalue weighted by Gasteiger charge is -2.06. The maximum absolute atomic E-state index is 10.9. The first kappa shape index (κ1) is 11.5. The Morgan fingerprint density at radius 1 is 1.40 bits per heavy atom. The Balaban J connectivity index is 2.53. The van der Waals surface area contributed by atoms with Crippen LogP contribution >= 0.6 is 0 Å². The Morgan fingerprint density at radius 3 is 2.87 bits per heavy atom. The van der Waals surface area contributed by atoms with Crippen molar-refractivity contribution in [2.75, 3.05) is 20.7 Å². The van der Waals surface area contributed by atoms with Crippen molar-refractivity contribution in [3.8, 4) is 5.75 Å². The van der Waals surface area contributed by atoms with E-state index in [1.807, 2.05) is 31.3 Å². The minimum Gasteiger partial charge on any atom is -0.484 e. The number of nitrogens with one attached hydrogen (secondary N) is 2. The van der Waals surface area contributed by atoms with E-state index < -0.39 is 0 Å². The van der Waals surface area contributed by atoms with Crippen molar-refractivity contribution in [3.63, 3.8) is 0 Å². The van der Waals surface area contributed by atoms with E-state index in [0.717, 1.165) is 12.1 Å².